The Balaban J connectivity index is 1.75. The fourth-order valence-corrected chi connectivity index (χ4v) is 2.28. The molecule has 0 atom stereocenters. The molecule has 2 heteroatoms. The molecule has 0 aliphatic heterocycles. The van der Waals surface area contributed by atoms with Crippen LogP contribution in [-0.4, -0.2) is 26.8 Å². The molecule has 0 saturated heterocycles. The molecule has 1 aliphatic carbocycles. The second-order valence-corrected chi connectivity index (χ2v) is 4.39. The summed E-state index contributed by atoms with van der Waals surface area (Å²) in [4.78, 5) is 0. The number of ether oxygens (including phenoxy) is 1. The summed E-state index contributed by atoms with van der Waals surface area (Å²) in [6.07, 6.45) is 9.88. The highest BCUT2D eigenvalue weighted by molar-refractivity contribution is 4.67. The zero-order valence-corrected chi connectivity index (χ0v) is 9.56. The molecule has 0 heterocycles. The van der Waals surface area contributed by atoms with Crippen molar-refractivity contribution >= 4 is 0 Å². The number of methoxy groups -OCH3 is 1. The first-order valence-electron chi connectivity index (χ1n) is 6.13. The topological polar surface area (TPSA) is 21.3 Å². The van der Waals surface area contributed by atoms with Gasteiger partial charge >= 0.3 is 0 Å². The molecule has 0 aromatic heterocycles. The minimum Gasteiger partial charge on any atom is -0.385 e. The Morgan fingerprint density at radius 2 is 1.86 bits per heavy atom. The summed E-state index contributed by atoms with van der Waals surface area (Å²) in [6.45, 7) is 3.19. The summed E-state index contributed by atoms with van der Waals surface area (Å²) in [6, 6.07) is 0. The van der Waals surface area contributed by atoms with Crippen LogP contribution < -0.4 is 5.32 Å². The van der Waals surface area contributed by atoms with Gasteiger partial charge in [-0.05, 0) is 38.3 Å². The second kappa shape index (κ2) is 8.25. The molecule has 14 heavy (non-hydrogen) atoms. The highest BCUT2D eigenvalue weighted by Crippen LogP contribution is 2.28. The Bertz CT molecular complexity index is 121. The predicted molar refractivity (Wildman–Crippen MR) is 60.6 cm³/mol. The summed E-state index contributed by atoms with van der Waals surface area (Å²) in [5.41, 5.74) is 0. The molecule has 0 aromatic carbocycles. The van der Waals surface area contributed by atoms with Crippen molar-refractivity contribution in [3.05, 3.63) is 0 Å². The minimum atomic E-state index is 0.885. The van der Waals surface area contributed by atoms with Crippen molar-refractivity contribution in [3.8, 4) is 0 Å². The first-order valence-corrected chi connectivity index (χ1v) is 6.13. The first kappa shape index (κ1) is 12.0. The molecule has 0 radical (unpaired) electrons. The van der Waals surface area contributed by atoms with Gasteiger partial charge in [0, 0.05) is 13.7 Å². The van der Waals surface area contributed by atoms with Crippen LogP contribution in [-0.2, 0) is 4.74 Å². The molecular weight excluding hydrogens is 174 g/mol. The van der Waals surface area contributed by atoms with E-state index in [-0.39, 0.29) is 0 Å². The van der Waals surface area contributed by atoms with Gasteiger partial charge in [-0.15, -0.1) is 0 Å². The van der Waals surface area contributed by atoms with Crippen molar-refractivity contribution < 1.29 is 4.74 Å². The van der Waals surface area contributed by atoms with Crippen LogP contribution in [0, 0.1) is 5.92 Å². The second-order valence-electron chi connectivity index (χ2n) is 4.39. The third kappa shape index (κ3) is 5.61. The van der Waals surface area contributed by atoms with Gasteiger partial charge in [0.15, 0.2) is 0 Å². The average Bonchev–Trinajstić information content (AvgIpc) is 2.69. The number of hydrogen-bond acceptors (Lipinski definition) is 2. The normalized spacial score (nSPS) is 17.8. The Morgan fingerprint density at radius 3 is 2.57 bits per heavy atom. The van der Waals surface area contributed by atoms with Crippen LogP contribution in [0.4, 0.5) is 0 Å². The molecule has 1 aliphatic rings. The quantitative estimate of drug-likeness (QED) is 0.607. The maximum atomic E-state index is 4.99. The highest BCUT2D eigenvalue weighted by atomic mass is 16.5. The van der Waals surface area contributed by atoms with Gasteiger partial charge in [0.05, 0.1) is 0 Å². The Morgan fingerprint density at radius 1 is 1.14 bits per heavy atom. The Kier molecular flexibility index (Phi) is 7.06. The molecule has 0 bridgehead atoms. The van der Waals surface area contributed by atoms with Crippen molar-refractivity contribution in [1.82, 2.24) is 5.32 Å². The summed E-state index contributed by atoms with van der Waals surface area (Å²) >= 11 is 0. The van der Waals surface area contributed by atoms with Crippen molar-refractivity contribution in [3.63, 3.8) is 0 Å². The number of rotatable bonds is 8. The minimum absolute atomic E-state index is 0.885. The molecule has 2 nitrogen and oxygen atoms in total. The standard InChI is InChI=1S/C12H25NO/c1-14-11-5-10-13-9-4-8-12-6-2-3-7-12/h12-13H,2-11H2,1H3. The van der Waals surface area contributed by atoms with Crippen molar-refractivity contribution in [2.45, 2.75) is 44.9 Å². The number of nitrogens with one attached hydrogen (secondary N) is 1. The molecule has 0 amide bonds. The molecule has 1 N–H and O–H groups in total. The highest BCUT2D eigenvalue weighted by Gasteiger charge is 2.13. The summed E-state index contributed by atoms with van der Waals surface area (Å²) < 4.78 is 4.99. The van der Waals surface area contributed by atoms with Crippen LogP contribution in [0.1, 0.15) is 44.9 Å². The molecule has 84 valence electrons. The van der Waals surface area contributed by atoms with Gasteiger partial charge in [-0.3, -0.25) is 0 Å². The maximum Gasteiger partial charge on any atom is 0.0474 e. The fraction of sp³-hybridized carbons (Fsp3) is 1.00. The third-order valence-corrected chi connectivity index (χ3v) is 3.14. The Labute approximate surface area is 88.4 Å². The summed E-state index contributed by atoms with van der Waals surface area (Å²) in [7, 11) is 1.76. The van der Waals surface area contributed by atoms with Crippen LogP contribution in [0.2, 0.25) is 0 Å². The monoisotopic (exact) mass is 199 g/mol. The zero-order chi connectivity index (χ0) is 10.1. The first-order chi connectivity index (χ1) is 6.93. The van der Waals surface area contributed by atoms with Crippen LogP contribution in [0.3, 0.4) is 0 Å². The Hall–Kier alpha value is -0.0800. The van der Waals surface area contributed by atoms with E-state index in [4.69, 9.17) is 4.74 Å². The SMILES string of the molecule is COCCCNCCCC1CCCC1. The molecule has 0 aromatic rings. The van der Waals surface area contributed by atoms with E-state index in [1.807, 2.05) is 0 Å². The molecule has 1 saturated carbocycles. The number of hydrogen-bond donors (Lipinski definition) is 1. The summed E-state index contributed by atoms with van der Waals surface area (Å²) in [5.74, 6) is 1.05. The van der Waals surface area contributed by atoms with Gasteiger partial charge in [-0.25, -0.2) is 0 Å². The van der Waals surface area contributed by atoms with Gasteiger partial charge < -0.3 is 10.1 Å². The van der Waals surface area contributed by atoms with Crippen LogP contribution >= 0.6 is 0 Å². The lowest BCUT2D eigenvalue weighted by Gasteiger charge is -2.08. The van der Waals surface area contributed by atoms with Gasteiger partial charge in [-0.2, -0.15) is 0 Å². The lowest BCUT2D eigenvalue weighted by atomic mass is 10.0. The van der Waals surface area contributed by atoms with Crippen molar-refractivity contribution in [2.75, 3.05) is 26.8 Å². The van der Waals surface area contributed by atoms with E-state index in [0.717, 1.165) is 25.5 Å². The maximum absolute atomic E-state index is 4.99. The van der Waals surface area contributed by atoms with E-state index in [9.17, 15) is 0 Å². The van der Waals surface area contributed by atoms with Crippen LogP contribution in [0.5, 0.6) is 0 Å². The van der Waals surface area contributed by atoms with E-state index >= 15 is 0 Å². The molecular formula is C12H25NO. The lowest BCUT2D eigenvalue weighted by molar-refractivity contribution is 0.194. The van der Waals surface area contributed by atoms with E-state index in [1.165, 1.54) is 45.1 Å². The van der Waals surface area contributed by atoms with Gasteiger partial charge in [-0.1, -0.05) is 25.7 Å². The summed E-state index contributed by atoms with van der Waals surface area (Å²) in [5, 5.41) is 3.46. The van der Waals surface area contributed by atoms with E-state index in [2.05, 4.69) is 5.32 Å². The van der Waals surface area contributed by atoms with E-state index in [0.29, 0.717) is 0 Å². The molecule has 0 unspecified atom stereocenters. The average molecular weight is 199 g/mol. The predicted octanol–water partition coefficient (Wildman–Crippen LogP) is 2.58. The largest absolute Gasteiger partial charge is 0.385 e. The fourth-order valence-electron chi connectivity index (χ4n) is 2.28. The van der Waals surface area contributed by atoms with Crippen molar-refractivity contribution in [2.24, 2.45) is 5.92 Å². The third-order valence-electron chi connectivity index (χ3n) is 3.14. The van der Waals surface area contributed by atoms with Gasteiger partial charge in [0.1, 0.15) is 0 Å². The molecule has 1 fully saturated rings. The van der Waals surface area contributed by atoms with Gasteiger partial charge in [0.25, 0.3) is 0 Å². The smallest absolute Gasteiger partial charge is 0.0474 e. The zero-order valence-electron chi connectivity index (χ0n) is 9.56. The van der Waals surface area contributed by atoms with E-state index < -0.39 is 0 Å². The van der Waals surface area contributed by atoms with Crippen molar-refractivity contribution in [1.29, 1.82) is 0 Å². The van der Waals surface area contributed by atoms with Crippen LogP contribution in [0.25, 0.3) is 0 Å². The van der Waals surface area contributed by atoms with E-state index in [1.54, 1.807) is 7.11 Å². The van der Waals surface area contributed by atoms with Gasteiger partial charge in [0.2, 0.25) is 0 Å². The van der Waals surface area contributed by atoms with Crippen LogP contribution in [0.15, 0.2) is 0 Å². The molecule has 0 spiro atoms. The lowest BCUT2D eigenvalue weighted by Crippen LogP contribution is -2.18. The molecule has 1 rings (SSSR count).